The molecule has 1 fully saturated rings. The van der Waals surface area contributed by atoms with Crippen LogP contribution in [0.25, 0.3) is 0 Å². The quantitative estimate of drug-likeness (QED) is 0.890. The molecule has 1 nitrogen and oxygen atoms in total. The highest BCUT2D eigenvalue weighted by Crippen LogP contribution is 2.35. The standard InChI is InChI=1S/C12H15BrFN/c13-11-5-4-9(14)7-10(11)12(15)6-8-2-1-3-8/h4-5,7-8,12H,1-3,6,15H2. The third-order valence-electron chi connectivity index (χ3n) is 3.17. The highest BCUT2D eigenvalue weighted by Gasteiger charge is 2.22. The van der Waals surface area contributed by atoms with Crippen LogP contribution in [0.5, 0.6) is 0 Å². The van der Waals surface area contributed by atoms with E-state index in [0.29, 0.717) is 0 Å². The largest absolute Gasteiger partial charge is 0.324 e. The monoisotopic (exact) mass is 271 g/mol. The van der Waals surface area contributed by atoms with E-state index in [2.05, 4.69) is 15.9 Å². The third-order valence-corrected chi connectivity index (χ3v) is 3.89. The van der Waals surface area contributed by atoms with Crippen molar-refractivity contribution in [3.63, 3.8) is 0 Å². The molecule has 0 heterocycles. The van der Waals surface area contributed by atoms with Crippen LogP contribution in [0.15, 0.2) is 22.7 Å². The van der Waals surface area contributed by atoms with E-state index in [1.54, 1.807) is 6.07 Å². The predicted octanol–water partition coefficient (Wildman–Crippen LogP) is 3.78. The molecule has 0 amide bonds. The Labute approximate surface area is 98.0 Å². The van der Waals surface area contributed by atoms with Crippen LogP contribution in [0.3, 0.4) is 0 Å². The SMILES string of the molecule is NC(CC1CCC1)c1cc(F)ccc1Br. The molecule has 2 N–H and O–H groups in total. The van der Waals surface area contributed by atoms with E-state index < -0.39 is 0 Å². The third kappa shape index (κ3) is 2.58. The lowest BCUT2D eigenvalue weighted by atomic mass is 9.80. The van der Waals surface area contributed by atoms with E-state index >= 15 is 0 Å². The van der Waals surface area contributed by atoms with Gasteiger partial charge < -0.3 is 5.73 Å². The van der Waals surface area contributed by atoms with Crippen LogP contribution in [0, 0.1) is 11.7 Å². The molecule has 0 aliphatic heterocycles. The molecule has 15 heavy (non-hydrogen) atoms. The summed E-state index contributed by atoms with van der Waals surface area (Å²) in [7, 11) is 0. The smallest absolute Gasteiger partial charge is 0.123 e. The van der Waals surface area contributed by atoms with Gasteiger partial charge in [-0.15, -0.1) is 0 Å². The lowest BCUT2D eigenvalue weighted by molar-refractivity contribution is 0.277. The fourth-order valence-electron chi connectivity index (χ4n) is 2.01. The summed E-state index contributed by atoms with van der Waals surface area (Å²) in [4.78, 5) is 0. The van der Waals surface area contributed by atoms with Gasteiger partial charge in [0.15, 0.2) is 0 Å². The van der Waals surface area contributed by atoms with Crippen LogP contribution in [-0.4, -0.2) is 0 Å². The first-order valence-electron chi connectivity index (χ1n) is 5.37. The fraction of sp³-hybridized carbons (Fsp3) is 0.500. The molecule has 0 saturated heterocycles. The zero-order chi connectivity index (χ0) is 10.8. The summed E-state index contributed by atoms with van der Waals surface area (Å²) in [6.07, 6.45) is 4.85. The van der Waals surface area contributed by atoms with E-state index in [4.69, 9.17) is 5.73 Å². The molecule has 0 bridgehead atoms. The summed E-state index contributed by atoms with van der Waals surface area (Å²) in [5.41, 5.74) is 6.97. The first-order valence-corrected chi connectivity index (χ1v) is 6.16. The molecule has 3 heteroatoms. The Hall–Kier alpha value is -0.410. The average Bonchev–Trinajstić information content (AvgIpc) is 2.15. The van der Waals surface area contributed by atoms with E-state index in [0.717, 1.165) is 22.4 Å². The van der Waals surface area contributed by atoms with Gasteiger partial charge in [0.2, 0.25) is 0 Å². The number of hydrogen-bond donors (Lipinski definition) is 1. The maximum Gasteiger partial charge on any atom is 0.123 e. The number of hydrogen-bond acceptors (Lipinski definition) is 1. The second-order valence-corrected chi connectivity index (χ2v) is 5.16. The Bertz CT molecular complexity index is 349. The van der Waals surface area contributed by atoms with Gasteiger partial charge in [0, 0.05) is 10.5 Å². The van der Waals surface area contributed by atoms with E-state index in [9.17, 15) is 4.39 Å². The molecule has 2 rings (SSSR count). The van der Waals surface area contributed by atoms with Crippen molar-refractivity contribution in [2.75, 3.05) is 0 Å². The first-order chi connectivity index (χ1) is 7.16. The number of nitrogens with two attached hydrogens (primary N) is 1. The van der Waals surface area contributed by atoms with Gasteiger partial charge in [-0.2, -0.15) is 0 Å². The van der Waals surface area contributed by atoms with Crippen LogP contribution in [-0.2, 0) is 0 Å². The second kappa shape index (κ2) is 4.62. The van der Waals surface area contributed by atoms with Crippen molar-refractivity contribution in [1.82, 2.24) is 0 Å². The van der Waals surface area contributed by atoms with Crippen molar-refractivity contribution in [2.45, 2.75) is 31.7 Å². The number of benzene rings is 1. The minimum atomic E-state index is -0.211. The van der Waals surface area contributed by atoms with Crippen LogP contribution in [0.4, 0.5) is 4.39 Å². The summed E-state index contributed by atoms with van der Waals surface area (Å²) < 4.78 is 14.0. The molecular weight excluding hydrogens is 257 g/mol. The summed E-state index contributed by atoms with van der Waals surface area (Å²) in [5, 5.41) is 0. The van der Waals surface area contributed by atoms with Gasteiger partial charge in [0.25, 0.3) is 0 Å². The van der Waals surface area contributed by atoms with Crippen LogP contribution in [0.1, 0.15) is 37.3 Å². The zero-order valence-electron chi connectivity index (χ0n) is 8.55. The summed E-state index contributed by atoms with van der Waals surface area (Å²) in [6.45, 7) is 0. The average molecular weight is 272 g/mol. The van der Waals surface area contributed by atoms with Gasteiger partial charge in [0.1, 0.15) is 5.82 Å². The van der Waals surface area contributed by atoms with Crippen molar-refractivity contribution in [2.24, 2.45) is 11.7 Å². The number of halogens is 2. The normalized spacial score (nSPS) is 18.6. The molecule has 82 valence electrons. The maximum atomic E-state index is 13.1. The van der Waals surface area contributed by atoms with Gasteiger partial charge >= 0.3 is 0 Å². The van der Waals surface area contributed by atoms with E-state index in [1.165, 1.54) is 31.4 Å². The van der Waals surface area contributed by atoms with Crippen molar-refractivity contribution in [3.8, 4) is 0 Å². The van der Waals surface area contributed by atoms with E-state index in [1.807, 2.05) is 0 Å². The fourth-order valence-corrected chi connectivity index (χ4v) is 2.55. The van der Waals surface area contributed by atoms with Gasteiger partial charge in [0.05, 0.1) is 0 Å². The molecule has 1 atom stereocenters. The zero-order valence-corrected chi connectivity index (χ0v) is 10.1. The lowest BCUT2D eigenvalue weighted by Crippen LogP contribution is -2.20. The summed E-state index contributed by atoms with van der Waals surface area (Å²) in [6, 6.07) is 4.67. The van der Waals surface area contributed by atoms with Crippen molar-refractivity contribution >= 4 is 15.9 Å². The van der Waals surface area contributed by atoms with E-state index in [-0.39, 0.29) is 11.9 Å². The molecule has 1 aromatic rings. The van der Waals surface area contributed by atoms with Gasteiger partial charge in [-0.3, -0.25) is 0 Å². The molecule has 0 aromatic heterocycles. The Kier molecular flexibility index (Phi) is 3.42. The maximum absolute atomic E-state index is 13.1. The predicted molar refractivity (Wildman–Crippen MR) is 63.0 cm³/mol. The molecular formula is C12H15BrFN. The highest BCUT2D eigenvalue weighted by atomic mass is 79.9. The molecule has 1 unspecified atom stereocenters. The molecule has 1 aliphatic carbocycles. The molecule has 1 saturated carbocycles. The number of rotatable bonds is 3. The molecule has 1 aromatic carbocycles. The van der Waals surface area contributed by atoms with Crippen LogP contribution >= 0.6 is 15.9 Å². The van der Waals surface area contributed by atoms with Crippen molar-refractivity contribution in [3.05, 3.63) is 34.1 Å². The Morgan fingerprint density at radius 2 is 2.20 bits per heavy atom. The second-order valence-electron chi connectivity index (χ2n) is 4.30. The van der Waals surface area contributed by atoms with Gasteiger partial charge in [-0.25, -0.2) is 4.39 Å². The van der Waals surface area contributed by atoms with Crippen LogP contribution < -0.4 is 5.73 Å². The van der Waals surface area contributed by atoms with Crippen molar-refractivity contribution < 1.29 is 4.39 Å². The Morgan fingerprint density at radius 1 is 1.47 bits per heavy atom. The minimum absolute atomic E-state index is 0.0413. The lowest BCUT2D eigenvalue weighted by Gasteiger charge is -2.28. The summed E-state index contributed by atoms with van der Waals surface area (Å²) >= 11 is 3.41. The summed E-state index contributed by atoms with van der Waals surface area (Å²) in [5.74, 6) is 0.535. The minimum Gasteiger partial charge on any atom is -0.324 e. The van der Waals surface area contributed by atoms with Crippen LogP contribution in [0.2, 0.25) is 0 Å². The van der Waals surface area contributed by atoms with Gasteiger partial charge in [-0.1, -0.05) is 35.2 Å². The van der Waals surface area contributed by atoms with Crippen molar-refractivity contribution in [1.29, 1.82) is 0 Å². The molecule has 1 aliphatic rings. The highest BCUT2D eigenvalue weighted by molar-refractivity contribution is 9.10. The Balaban J connectivity index is 2.09. The topological polar surface area (TPSA) is 26.0 Å². The molecule has 0 radical (unpaired) electrons. The molecule has 0 spiro atoms. The van der Waals surface area contributed by atoms with Gasteiger partial charge in [-0.05, 0) is 36.1 Å². The Morgan fingerprint density at radius 3 is 2.80 bits per heavy atom. The first kappa shape index (κ1) is 11.1.